The molecule has 4 nitrogen and oxygen atoms in total. The predicted molar refractivity (Wildman–Crippen MR) is 92.5 cm³/mol. The fraction of sp³-hybridized carbons (Fsp3) is 0.111. The van der Waals surface area contributed by atoms with Crippen LogP contribution in [0.2, 0.25) is 0 Å². The van der Waals surface area contributed by atoms with Gasteiger partial charge in [0, 0.05) is 17.0 Å². The van der Waals surface area contributed by atoms with Gasteiger partial charge in [-0.3, -0.25) is 10.1 Å². The van der Waals surface area contributed by atoms with Crippen LogP contribution in [0.3, 0.4) is 0 Å². The van der Waals surface area contributed by atoms with Gasteiger partial charge in [0.15, 0.2) is 28.6 Å². The number of aromatic nitrogens is 1. The summed E-state index contributed by atoms with van der Waals surface area (Å²) >= 11 is 1.05. The van der Waals surface area contributed by atoms with E-state index in [4.69, 9.17) is 4.74 Å². The van der Waals surface area contributed by atoms with E-state index in [2.05, 4.69) is 10.3 Å². The van der Waals surface area contributed by atoms with Gasteiger partial charge in [-0.05, 0) is 31.2 Å². The summed E-state index contributed by atoms with van der Waals surface area (Å²) in [5, 5.41) is 4.12. The molecule has 1 N–H and O–H groups in total. The molecule has 0 unspecified atom stereocenters. The SMILES string of the molecule is C[C@H](Oc1c(F)c(F)cc(F)c1F)C(=O)Nc1nc(-c2ccc(F)cc2)cs1. The molecule has 3 rings (SSSR count). The first-order chi connectivity index (χ1) is 13.3. The molecule has 0 saturated heterocycles. The normalized spacial score (nSPS) is 11.9. The summed E-state index contributed by atoms with van der Waals surface area (Å²) in [6.07, 6.45) is -1.48. The van der Waals surface area contributed by atoms with Crippen LogP contribution in [0.4, 0.5) is 27.1 Å². The van der Waals surface area contributed by atoms with E-state index < -0.39 is 46.8 Å². The van der Waals surface area contributed by atoms with Crippen molar-refractivity contribution in [1.82, 2.24) is 4.98 Å². The fourth-order valence-corrected chi connectivity index (χ4v) is 2.90. The van der Waals surface area contributed by atoms with Crippen LogP contribution in [0.15, 0.2) is 35.7 Å². The number of benzene rings is 2. The van der Waals surface area contributed by atoms with Crippen molar-refractivity contribution in [3.63, 3.8) is 0 Å². The van der Waals surface area contributed by atoms with Crippen molar-refractivity contribution in [2.45, 2.75) is 13.0 Å². The Morgan fingerprint density at radius 3 is 2.29 bits per heavy atom. The maximum atomic E-state index is 13.6. The number of nitrogens with one attached hydrogen (secondary N) is 1. The molecule has 1 amide bonds. The second-order valence-electron chi connectivity index (χ2n) is 5.59. The van der Waals surface area contributed by atoms with Gasteiger partial charge in [0.1, 0.15) is 5.82 Å². The van der Waals surface area contributed by atoms with E-state index in [1.807, 2.05) is 0 Å². The van der Waals surface area contributed by atoms with Crippen molar-refractivity contribution < 1.29 is 31.5 Å². The van der Waals surface area contributed by atoms with Crippen molar-refractivity contribution in [2.24, 2.45) is 0 Å². The molecule has 1 atom stereocenters. The third kappa shape index (κ3) is 4.11. The molecule has 0 spiro atoms. The van der Waals surface area contributed by atoms with Crippen molar-refractivity contribution in [3.8, 4) is 17.0 Å². The second-order valence-corrected chi connectivity index (χ2v) is 6.45. The predicted octanol–water partition coefficient (Wildman–Crippen LogP) is 4.91. The summed E-state index contributed by atoms with van der Waals surface area (Å²) in [6, 6.07) is 5.56. The minimum atomic E-state index is -1.74. The lowest BCUT2D eigenvalue weighted by Crippen LogP contribution is -2.31. The molecule has 28 heavy (non-hydrogen) atoms. The molecule has 0 radical (unpaired) electrons. The van der Waals surface area contributed by atoms with E-state index in [9.17, 15) is 26.7 Å². The number of carbonyl (C=O) groups is 1. The monoisotopic (exact) mass is 414 g/mol. The second kappa shape index (κ2) is 7.93. The number of hydrogen-bond donors (Lipinski definition) is 1. The van der Waals surface area contributed by atoms with Gasteiger partial charge in [0.25, 0.3) is 5.91 Å². The van der Waals surface area contributed by atoms with Crippen LogP contribution >= 0.6 is 11.3 Å². The van der Waals surface area contributed by atoms with Crippen LogP contribution in [0, 0.1) is 29.1 Å². The summed E-state index contributed by atoms with van der Waals surface area (Å²) < 4.78 is 71.4. The highest BCUT2D eigenvalue weighted by molar-refractivity contribution is 7.14. The zero-order chi connectivity index (χ0) is 20.4. The smallest absolute Gasteiger partial charge is 0.266 e. The maximum absolute atomic E-state index is 13.6. The van der Waals surface area contributed by atoms with Crippen LogP contribution in [0.25, 0.3) is 11.3 Å². The number of ether oxygens (including phenoxy) is 1. The highest BCUT2D eigenvalue weighted by Crippen LogP contribution is 2.28. The number of nitrogens with zero attached hydrogens (tertiary/aromatic N) is 1. The van der Waals surface area contributed by atoms with Gasteiger partial charge in [0.05, 0.1) is 5.69 Å². The number of carbonyl (C=O) groups excluding carboxylic acids is 1. The van der Waals surface area contributed by atoms with E-state index in [0.717, 1.165) is 18.3 Å². The van der Waals surface area contributed by atoms with Gasteiger partial charge in [0.2, 0.25) is 11.6 Å². The van der Waals surface area contributed by atoms with Crippen molar-refractivity contribution >= 4 is 22.4 Å². The number of rotatable bonds is 5. The summed E-state index contributed by atoms with van der Waals surface area (Å²) in [5.74, 6) is -9.37. The van der Waals surface area contributed by atoms with E-state index >= 15 is 0 Å². The van der Waals surface area contributed by atoms with Crippen molar-refractivity contribution in [2.75, 3.05) is 5.32 Å². The van der Waals surface area contributed by atoms with Gasteiger partial charge < -0.3 is 4.74 Å². The van der Waals surface area contributed by atoms with Gasteiger partial charge >= 0.3 is 0 Å². The molecule has 146 valence electrons. The number of halogens is 5. The Bertz CT molecular complexity index is 997. The average molecular weight is 414 g/mol. The molecule has 1 aromatic heterocycles. The Morgan fingerprint density at radius 2 is 1.68 bits per heavy atom. The van der Waals surface area contributed by atoms with E-state index in [0.29, 0.717) is 11.3 Å². The molecule has 0 bridgehead atoms. The van der Waals surface area contributed by atoms with Crippen LogP contribution in [0.5, 0.6) is 5.75 Å². The Hall–Kier alpha value is -3.01. The van der Waals surface area contributed by atoms with E-state index in [1.165, 1.54) is 24.3 Å². The third-order valence-corrected chi connectivity index (χ3v) is 4.37. The van der Waals surface area contributed by atoms with Gasteiger partial charge in [-0.15, -0.1) is 11.3 Å². The van der Waals surface area contributed by atoms with Crippen LogP contribution in [-0.4, -0.2) is 17.0 Å². The summed E-state index contributed by atoms with van der Waals surface area (Å²) in [6.45, 7) is 1.14. The largest absolute Gasteiger partial charge is 0.475 e. The Balaban J connectivity index is 1.71. The molecule has 0 aliphatic carbocycles. The van der Waals surface area contributed by atoms with Crippen LogP contribution in [0.1, 0.15) is 6.92 Å². The lowest BCUT2D eigenvalue weighted by Gasteiger charge is -2.15. The van der Waals surface area contributed by atoms with Crippen LogP contribution < -0.4 is 10.1 Å². The molecular weight excluding hydrogens is 403 g/mol. The first-order valence-electron chi connectivity index (χ1n) is 7.78. The third-order valence-electron chi connectivity index (χ3n) is 3.61. The lowest BCUT2D eigenvalue weighted by atomic mass is 10.2. The number of hydrogen-bond acceptors (Lipinski definition) is 4. The summed E-state index contributed by atoms with van der Waals surface area (Å²) in [5.41, 5.74) is 1.08. The molecule has 3 aromatic rings. The Labute approximate surface area is 159 Å². The highest BCUT2D eigenvalue weighted by Gasteiger charge is 2.25. The average Bonchev–Trinajstić information content (AvgIpc) is 3.12. The minimum Gasteiger partial charge on any atom is -0.475 e. The molecule has 2 aromatic carbocycles. The van der Waals surface area contributed by atoms with Gasteiger partial charge in [-0.25, -0.2) is 18.2 Å². The Kier molecular flexibility index (Phi) is 5.59. The van der Waals surface area contributed by atoms with Crippen LogP contribution in [-0.2, 0) is 4.79 Å². The fourth-order valence-electron chi connectivity index (χ4n) is 2.18. The molecule has 0 aliphatic heterocycles. The topological polar surface area (TPSA) is 51.2 Å². The molecule has 0 saturated carbocycles. The van der Waals surface area contributed by atoms with Crippen molar-refractivity contribution in [3.05, 3.63) is 64.8 Å². The maximum Gasteiger partial charge on any atom is 0.266 e. The van der Waals surface area contributed by atoms with Gasteiger partial charge in [-0.1, -0.05) is 0 Å². The van der Waals surface area contributed by atoms with E-state index in [-0.39, 0.29) is 11.2 Å². The van der Waals surface area contributed by atoms with Gasteiger partial charge in [-0.2, -0.15) is 8.78 Å². The number of thiazole rings is 1. The zero-order valence-corrected chi connectivity index (χ0v) is 14.9. The molecular formula is C18H11F5N2O2S. The lowest BCUT2D eigenvalue weighted by molar-refractivity contribution is -0.122. The van der Waals surface area contributed by atoms with E-state index in [1.54, 1.807) is 5.38 Å². The minimum absolute atomic E-state index is 0.0365. The Morgan fingerprint density at radius 1 is 1.07 bits per heavy atom. The molecule has 0 aliphatic rings. The summed E-state index contributed by atoms with van der Waals surface area (Å²) in [4.78, 5) is 16.3. The number of amides is 1. The summed E-state index contributed by atoms with van der Waals surface area (Å²) in [7, 11) is 0. The highest BCUT2D eigenvalue weighted by atomic mass is 32.1. The quantitative estimate of drug-likeness (QED) is 0.477. The zero-order valence-electron chi connectivity index (χ0n) is 14.1. The standard InChI is InChI=1S/C18H11F5N2O2S/c1-8(27-16-14(22)11(20)6-12(21)15(16)23)17(26)25-18-24-13(7-28-18)9-2-4-10(19)5-3-9/h2-8H,1H3,(H,24,25,26)/t8-/m0/s1. The first kappa shape index (κ1) is 19.7. The number of anilines is 1. The van der Waals surface area contributed by atoms with Crippen molar-refractivity contribution in [1.29, 1.82) is 0 Å². The molecule has 1 heterocycles. The molecule has 10 heteroatoms. The first-order valence-corrected chi connectivity index (χ1v) is 8.66. The molecule has 0 fully saturated rings.